The van der Waals surface area contributed by atoms with E-state index in [1.54, 1.807) is 7.05 Å². The van der Waals surface area contributed by atoms with Crippen LogP contribution in [0, 0.1) is 0 Å². The number of hydrogen-bond acceptors (Lipinski definition) is 4. The van der Waals surface area contributed by atoms with Gasteiger partial charge in [0, 0.05) is 20.1 Å². The number of nitrogens with one attached hydrogen (secondary N) is 2. The van der Waals surface area contributed by atoms with Gasteiger partial charge in [-0.05, 0) is 6.42 Å². The van der Waals surface area contributed by atoms with Crippen LogP contribution in [-0.4, -0.2) is 32.7 Å². The third-order valence-electron chi connectivity index (χ3n) is 2.64. The van der Waals surface area contributed by atoms with Crippen molar-refractivity contribution in [3.05, 3.63) is 26.7 Å². The van der Waals surface area contributed by atoms with Crippen LogP contribution in [0.25, 0.3) is 11.2 Å². The zero-order valence-corrected chi connectivity index (χ0v) is 10.4. The van der Waals surface area contributed by atoms with E-state index in [1.807, 2.05) is 6.92 Å². The molecule has 0 aliphatic rings. The van der Waals surface area contributed by atoms with Gasteiger partial charge in [-0.2, -0.15) is 0 Å². The molecular formula is C11H16N4O3. The van der Waals surface area contributed by atoms with Gasteiger partial charge in [0.2, 0.25) is 0 Å². The minimum Gasteiger partial charge on any atom is -0.381 e. The van der Waals surface area contributed by atoms with Gasteiger partial charge in [0.15, 0.2) is 5.65 Å². The summed E-state index contributed by atoms with van der Waals surface area (Å²) in [7, 11) is 1.57. The fourth-order valence-electron chi connectivity index (χ4n) is 1.69. The molecule has 2 aromatic rings. The Labute approximate surface area is 103 Å². The lowest BCUT2D eigenvalue weighted by Gasteiger charge is -1.98. The molecule has 2 aromatic heterocycles. The Bertz CT molecular complexity index is 652. The van der Waals surface area contributed by atoms with Crippen molar-refractivity contribution in [2.24, 2.45) is 7.05 Å². The van der Waals surface area contributed by atoms with Gasteiger partial charge in [-0.25, -0.2) is 9.78 Å². The molecule has 7 nitrogen and oxygen atoms in total. The largest absolute Gasteiger partial charge is 0.381 e. The third-order valence-corrected chi connectivity index (χ3v) is 2.64. The third kappa shape index (κ3) is 2.35. The van der Waals surface area contributed by atoms with E-state index in [9.17, 15) is 9.59 Å². The van der Waals surface area contributed by atoms with Crippen molar-refractivity contribution < 1.29 is 4.74 Å². The number of fused-ring (bicyclic) bond motifs is 1. The first-order chi connectivity index (χ1) is 8.63. The van der Waals surface area contributed by atoms with E-state index in [0.717, 1.165) is 6.42 Å². The Morgan fingerprint density at radius 1 is 1.28 bits per heavy atom. The van der Waals surface area contributed by atoms with Crippen LogP contribution in [-0.2, 0) is 18.2 Å². The minimum absolute atomic E-state index is 0.322. The fourth-order valence-corrected chi connectivity index (χ4v) is 1.69. The molecular weight excluding hydrogens is 236 g/mol. The van der Waals surface area contributed by atoms with Gasteiger partial charge in [-0.3, -0.25) is 14.3 Å². The normalized spacial score (nSPS) is 11.2. The summed E-state index contributed by atoms with van der Waals surface area (Å²) in [6, 6.07) is 0. The van der Waals surface area contributed by atoms with E-state index in [2.05, 4.69) is 15.0 Å². The molecule has 0 aliphatic heterocycles. The molecule has 2 rings (SSSR count). The van der Waals surface area contributed by atoms with Crippen LogP contribution in [0.5, 0.6) is 0 Å². The summed E-state index contributed by atoms with van der Waals surface area (Å²) >= 11 is 0. The predicted octanol–water partition coefficient (Wildman–Crippen LogP) is -0.0810. The summed E-state index contributed by atoms with van der Waals surface area (Å²) in [5.41, 5.74) is -0.217. The van der Waals surface area contributed by atoms with Gasteiger partial charge < -0.3 is 9.72 Å². The first-order valence-electron chi connectivity index (χ1n) is 5.89. The smallest absolute Gasteiger partial charge is 0.329 e. The Morgan fingerprint density at radius 3 is 2.78 bits per heavy atom. The van der Waals surface area contributed by atoms with Crippen molar-refractivity contribution in [3.8, 4) is 0 Å². The van der Waals surface area contributed by atoms with Crippen molar-refractivity contribution >= 4 is 11.2 Å². The zero-order valence-electron chi connectivity index (χ0n) is 10.4. The number of hydrogen-bond donors (Lipinski definition) is 2. The zero-order chi connectivity index (χ0) is 13.1. The Balaban J connectivity index is 2.27. The standard InChI is InChI=1S/C11H16N4O3/c1-3-5-18-6-4-7-12-8-9(13-7)15(2)11(17)14-10(8)16/h3-6H2,1-2H3,(H,12,13)(H,14,16,17). The molecule has 0 atom stereocenters. The van der Waals surface area contributed by atoms with Crippen molar-refractivity contribution in [1.29, 1.82) is 0 Å². The highest BCUT2D eigenvalue weighted by Gasteiger charge is 2.10. The molecule has 0 radical (unpaired) electrons. The van der Waals surface area contributed by atoms with Gasteiger partial charge in [-0.15, -0.1) is 0 Å². The monoisotopic (exact) mass is 252 g/mol. The van der Waals surface area contributed by atoms with Crippen LogP contribution < -0.4 is 11.2 Å². The second-order valence-electron chi connectivity index (χ2n) is 4.06. The van der Waals surface area contributed by atoms with Crippen molar-refractivity contribution in [2.75, 3.05) is 13.2 Å². The number of aromatic nitrogens is 4. The van der Waals surface area contributed by atoms with Crippen LogP contribution in [0.15, 0.2) is 9.59 Å². The molecule has 18 heavy (non-hydrogen) atoms. The van der Waals surface area contributed by atoms with Crippen LogP contribution >= 0.6 is 0 Å². The lowest BCUT2D eigenvalue weighted by Crippen LogP contribution is -2.28. The number of aromatic amines is 2. The minimum atomic E-state index is -0.465. The first kappa shape index (κ1) is 12.6. The van der Waals surface area contributed by atoms with Crippen molar-refractivity contribution in [3.63, 3.8) is 0 Å². The molecule has 98 valence electrons. The summed E-state index contributed by atoms with van der Waals surface area (Å²) in [4.78, 5) is 32.3. The number of ether oxygens (including phenoxy) is 1. The van der Waals surface area contributed by atoms with Crippen LogP contribution in [0.2, 0.25) is 0 Å². The van der Waals surface area contributed by atoms with E-state index >= 15 is 0 Å². The molecule has 0 amide bonds. The Morgan fingerprint density at radius 2 is 2.06 bits per heavy atom. The van der Waals surface area contributed by atoms with Crippen molar-refractivity contribution in [1.82, 2.24) is 19.5 Å². The predicted molar refractivity (Wildman–Crippen MR) is 66.8 cm³/mol. The Kier molecular flexibility index (Phi) is 3.61. The number of H-pyrrole nitrogens is 2. The lowest BCUT2D eigenvalue weighted by molar-refractivity contribution is 0.137. The molecule has 0 bridgehead atoms. The number of imidazole rings is 1. The van der Waals surface area contributed by atoms with Crippen LogP contribution in [0.3, 0.4) is 0 Å². The van der Waals surface area contributed by atoms with Gasteiger partial charge in [-0.1, -0.05) is 6.92 Å². The molecule has 0 unspecified atom stereocenters. The summed E-state index contributed by atoms with van der Waals surface area (Å²) in [5, 5.41) is 0. The SMILES string of the molecule is CCCOCCc1nc2c([nH]1)c(=O)[nH]c(=O)n2C. The number of nitrogens with zero attached hydrogens (tertiary/aromatic N) is 2. The van der Waals surface area contributed by atoms with E-state index in [4.69, 9.17) is 4.74 Å². The topological polar surface area (TPSA) is 92.8 Å². The van der Waals surface area contributed by atoms with Gasteiger partial charge in [0.25, 0.3) is 5.56 Å². The molecule has 0 saturated carbocycles. The quantitative estimate of drug-likeness (QED) is 0.728. The molecule has 0 spiro atoms. The van der Waals surface area contributed by atoms with E-state index < -0.39 is 11.2 Å². The maximum absolute atomic E-state index is 11.6. The van der Waals surface area contributed by atoms with E-state index in [0.29, 0.717) is 36.6 Å². The van der Waals surface area contributed by atoms with Gasteiger partial charge in [0.05, 0.1) is 6.61 Å². The summed E-state index contributed by atoms with van der Waals surface area (Å²) < 4.78 is 6.66. The molecule has 0 fully saturated rings. The molecule has 2 heterocycles. The highest BCUT2D eigenvalue weighted by Crippen LogP contribution is 2.04. The number of aryl methyl sites for hydroxylation is 1. The van der Waals surface area contributed by atoms with Crippen LogP contribution in [0.1, 0.15) is 19.2 Å². The van der Waals surface area contributed by atoms with Crippen molar-refractivity contribution in [2.45, 2.75) is 19.8 Å². The van der Waals surface area contributed by atoms with E-state index in [-0.39, 0.29) is 0 Å². The summed E-state index contributed by atoms with van der Waals surface area (Å²) in [6.45, 7) is 3.29. The second kappa shape index (κ2) is 5.18. The first-order valence-corrected chi connectivity index (χ1v) is 5.89. The highest BCUT2D eigenvalue weighted by molar-refractivity contribution is 5.69. The summed E-state index contributed by atoms with van der Waals surface area (Å²) in [6.07, 6.45) is 1.55. The summed E-state index contributed by atoms with van der Waals surface area (Å²) in [5.74, 6) is 0.646. The molecule has 0 aliphatic carbocycles. The molecule has 2 N–H and O–H groups in total. The second-order valence-corrected chi connectivity index (χ2v) is 4.06. The van der Waals surface area contributed by atoms with Crippen LogP contribution in [0.4, 0.5) is 0 Å². The lowest BCUT2D eigenvalue weighted by atomic mass is 10.4. The maximum atomic E-state index is 11.6. The maximum Gasteiger partial charge on any atom is 0.329 e. The Hall–Kier alpha value is -1.89. The average molecular weight is 252 g/mol. The molecule has 0 saturated heterocycles. The molecule has 0 aromatic carbocycles. The van der Waals surface area contributed by atoms with Gasteiger partial charge >= 0.3 is 5.69 Å². The van der Waals surface area contributed by atoms with Gasteiger partial charge in [0.1, 0.15) is 11.3 Å². The number of rotatable bonds is 5. The average Bonchev–Trinajstić information content (AvgIpc) is 2.77. The molecule has 7 heteroatoms. The highest BCUT2D eigenvalue weighted by atomic mass is 16.5. The van der Waals surface area contributed by atoms with E-state index in [1.165, 1.54) is 4.57 Å². The fraction of sp³-hybridized carbons (Fsp3) is 0.545.